The predicted molar refractivity (Wildman–Crippen MR) is 121 cm³/mol. The number of anilines is 1. The fourth-order valence-corrected chi connectivity index (χ4v) is 5.30. The van der Waals surface area contributed by atoms with Crippen LogP contribution in [0.4, 0.5) is 11.8 Å². The smallest absolute Gasteiger partial charge is 0.388 e. The Labute approximate surface area is 191 Å². The van der Waals surface area contributed by atoms with Gasteiger partial charge < -0.3 is 20.7 Å². The van der Waals surface area contributed by atoms with Crippen molar-refractivity contribution in [1.29, 1.82) is 0 Å². The second-order valence-electron chi connectivity index (χ2n) is 8.30. The molecule has 3 unspecified atom stereocenters. The Morgan fingerprint density at radius 2 is 2.06 bits per heavy atom. The van der Waals surface area contributed by atoms with Crippen LogP contribution >= 0.6 is 8.03 Å². The molecule has 2 aromatic rings. The monoisotopic (exact) mass is 481 g/mol. The summed E-state index contributed by atoms with van der Waals surface area (Å²) < 4.78 is 26.0. The van der Waals surface area contributed by atoms with Crippen molar-refractivity contribution >= 4 is 31.0 Å². The molecule has 0 amide bonds. The van der Waals surface area contributed by atoms with Gasteiger partial charge in [-0.05, 0) is 41.4 Å². The molecule has 6 atom stereocenters. The molecule has 0 spiro atoms. The van der Waals surface area contributed by atoms with Crippen LogP contribution in [0.25, 0.3) is 21.6 Å². The lowest BCUT2D eigenvalue weighted by Crippen LogP contribution is -2.38. The van der Waals surface area contributed by atoms with Crippen LogP contribution in [0.1, 0.15) is 59.6 Å². The second kappa shape index (κ2) is 10.3. The number of hydrogen-bond donors (Lipinski definition) is 3. The first-order chi connectivity index (χ1) is 15.7. The van der Waals surface area contributed by atoms with Crippen molar-refractivity contribution in [3.63, 3.8) is 0 Å². The maximum atomic E-state index is 12.7. The SMILES string of the molecule is CCC(CC)[P+](=O)OC(C)(CC)C[C@H]1OC(n2c(N=[N+]=[N-])nc3c(N)ncnc32)[C@H](O)[C@@H]1O. The third-order valence-electron chi connectivity index (χ3n) is 6.14. The molecule has 4 N–H and O–H groups in total. The Bertz CT molecular complexity index is 1060. The average Bonchev–Trinajstić information content (AvgIpc) is 3.27. The highest BCUT2D eigenvalue weighted by Crippen LogP contribution is 2.44. The quantitative estimate of drug-likeness (QED) is 0.197. The molecular weight excluding hydrogens is 451 g/mol. The molecule has 13 nitrogen and oxygen atoms in total. The fraction of sp³-hybridized carbons (Fsp3) is 0.737. The first kappa shape index (κ1) is 25.2. The highest BCUT2D eigenvalue weighted by molar-refractivity contribution is 7.40. The Hall–Kier alpha value is -2.40. The van der Waals surface area contributed by atoms with Crippen molar-refractivity contribution < 1.29 is 24.0 Å². The largest absolute Gasteiger partial charge is 0.511 e. The van der Waals surface area contributed by atoms with E-state index in [1.54, 1.807) is 0 Å². The third kappa shape index (κ3) is 4.93. The molecule has 0 aromatic carbocycles. The van der Waals surface area contributed by atoms with Gasteiger partial charge in [0.1, 0.15) is 24.1 Å². The van der Waals surface area contributed by atoms with Crippen LogP contribution in [0.15, 0.2) is 11.4 Å². The predicted octanol–water partition coefficient (Wildman–Crippen LogP) is 3.48. The number of nitrogens with zero attached hydrogens (tertiary/aromatic N) is 7. The van der Waals surface area contributed by atoms with Gasteiger partial charge in [-0.25, -0.2) is 15.0 Å². The van der Waals surface area contributed by atoms with Crippen molar-refractivity contribution in [2.75, 3.05) is 5.73 Å². The lowest BCUT2D eigenvalue weighted by molar-refractivity contribution is -0.0615. The van der Waals surface area contributed by atoms with Gasteiger partial charge in [-0.1, -0.05) is 20.8 Å². The number of azide groups is 1. The van der Waals surface area contributed by atoms with Gasteiger partial charge in [-0.3, -0.25) is 4.57 Å². The van der Waals surface area contributed by atoms with Crippen LogP contribution in [0.2, 0.25) is 0 Å². The van der Waals surface area contributed by atoms with E-state index in [1.165, 1.54) is 10.9 Å². The number of nitrogen functional groups attached to an aromatic ring is 1. The van der Waals surface area contributed by atoms with E-state index in [2.05, 4.69) is 25.0 Å². The average molecular weight is 481 g/mol. The summed E-state index contributed by atoms with van der Waals surface area (Å²) in [6, 6.07) is 0. The summed E-state index contributed by atoms with van der Waals surface area (Å²) in [5.41, 5.74) is 14.3. The minimum atomic E-state index is -1.92. The lowest BCUT2D eigenvalue weighted by Gasteiger charge is -2.27. The summed E-state index contributed by atoms with van der Waals surface area (Å²) >= 11 is 0. The Kier molecular flexibility index (Phi) is 7.84. The molecule has 3 rings (SSSR count). The molecule has 3 heterocycles. The van der Waals surface area contributed by atoms with Crippen molar-refractivity contribution in [2.24, 2.45) is 5.11 Å². The van der Waals surface area contributed by atoms with E-state index in [9.17, 15) is 14.8 Å². The standard InChI is InChI=1S/C19H30N8O5P/c1-5-10(6-2)33(30)32-19(4,7-3)8-11-13(28)14(29)17(31-11)27-16-12(15(20)22-9-23-16)24-18(27)25-26-21/h9-11,13-14,17,28-29H,5-8H2,1-4H3,(H2,20,22,23)/q+1/t11-,13-,14-,17?,19?/m1/s1. The normalized spacial score (nSPS) is 25.2. The number of fused-ring (bicyclic) bond motifs is 1. The maximum Gasteiger partial charge on any atom is 0.511 e. The summed E-state index contributed by atoms with van der Waals surface area (Å²) in [6.07, 6.45) is -1.30. The zero-order chi connectivity index (χ0) is 24.3. The first-order valence-electron chi connectivity index (χ1n) is 10.9. The van der Waals surface area contributed by atoms with Crippen molar-refractivity contribution in [2.45, 2.75) is 89.2 Å². The minimum absolute atomic E-state index is 0.0625. The van der Waals surface area contributed by atoms with Gasteiger partial charge in [-0.15, -0.1) is 4.52 Å². The molecule has 2 aromatic heterocycles. The minimum Gasteiger partial charge on any atom is -0.388 e. The van der Waals surface area contributed by atoms with Crippen LogP contribution < -0.4 is 5.73 Å². The van der Waals surface area contributed by atoms with Crippen molar-refractivity contribution in [3.8, 4) is 0 Å². The zero-order valence-electron chi connectivity index (χ0n) is 19.1. The number of hydrogen-bond acceptors (Lipinski definition) is 10. The van der Waals surface area contributed by atoms with Gasteiger partial charge in [0, 0.05) is 11.3 Å². The Morgan fingerprint density at radius 1 is 1.36 bits per heavy atom. The van der Waals surface area contributed by atoms with E-state index in [0.29, 0.717) is 6.42 Å². The molecule has 0 aliphatic carbocycles. The molecule has 14 heteroatoms. The van der Waals surface area contributed by atoms with E-state index in [0.717, 1.165) is 12.8 Å². The topological polar surface area (TPSA) is 194 Å². The van der Waals surface area contributed by atoms with Crippen LogP contribution in [0.5, 0.6) is 0 Å². The van der Waals surface area contributed by atoms with E-state index >= 15 is 0 Å². The number of rotatable bonds is 10. The highest BCUT2D eigenvalue weighted by atomic mass is 31.1. The number of aliphatic hydroxyl groups excluding tert-OH is 2. The molecule has 1 aliphatic rings. The van der Waals surface area contributed by atoms with Gasteiger partial charge in [0.05, 0.1) is 6.10 Å². The van der Waals surface area contributed by atoms with Crippen LogP contribution in [0.3, 0.4) is 0 Å². The van der Waals surface area contributed by atoms with Gasteiger partial charge >= 0.3 is 8.03 Å². The van der Waals surface area contributed by atoms with Crippen LogP contribution in [-0.4, -0.2) is 59.3 Å². The number of ether oxygens (including phenoxy) is 1. The van der Waals surface area contributed by atoms with Crippen LogP contribution in [-0.2, 0) is 13.8 Å². The van der Waals surface area contributed by atoms with Crippen molar-refractivity contribution in [1.82, 2.24) is 19.5 Å². The number of aliphatic hydroxyl groups is 2. The molecule has 1 fully saturated rings. The molecule has 1 aliphatic heterocycles. The third-order valence-corrected chi connectivity index (χ3v) is 8.09. The van der Waals surface area contributed by atoms with E-state index in [1.807, 2.05) is 27.7 Å². The summed E-state index contributed by atoms with van der Waals surface area (Å²) in [5, 5.41) is 25.1. The van der Waals surface area contributed by atoms with Crippen molar-refractivity contribution in [3.05, 3.63) is 16.8 Å². The molecule has 0 saturated carbocycles. The number of nitrogens with two attached hydrogens (primary N) is 1. The number of imidazole rings is 1. The van der Waals surface area contributed by atoms with Gasteiger partial charge in [0.15, 0.2) is 28.9 Å². The highest BCUT2D eigenvalue weighted by Gasteiger charge is 2.49. The summed E-state index contributed by atoms with van der Waals surface area (Å²) in [4.78, 5) is 14.9. The first-order valence-corrected chi connectivity index (χ1v) is 12.1. The van der Waals surface area contributed by atoms with E-state index in [4.69, 9.17) is 20.5 Å². The summed E-state index contributed by atoms with van der Waals surface area (Å²) in [6.45, 7) is 7.64. The molecular formula is C19H30N8O5P+. The zero-order valence-corrected chi connectivity index (χ0v) is 20.0. The molecule has 0 radical (unpaired) electrons. The van der Waals surface area contributed by atoms with Gasteiger partial charge in [-0.2, -0.15) is 0 Å². The maximum absolute atomic E-state index is 12.7. The van der Waals surface area contributed by atoms with E-state index < -0.39 is 38.2 Å². The second-order valence-corrected chi connectivity index (χ2v) is 9.79. The van der Waals surface area contributed by atoms with Gasteiger partial charge in [0.2, 0.25) is 5.95 Å². The molecule has 33 heavy (non-hydrogen) atoms. The Balaban J connectivity index is 1.90. The van der Waals surface area contributed by atoms with E-state index in [-0.39, 0.29) is 35.0 Å². The van der Waals surface area contributed by atoms with Crippen LogP contribution in [0, 0.1) is 0 Å². The molecule has 1 saturated heterocycles. The number of aromatic nitrogens is 4. The van der Waals surface area contributed by atoms with Gasteiger partial charge in [0.25, 0.3) is 0 Å². The summed E-state index contributed by atoms with van der Waals surface area (Å²) in [5.74, 6) is -0.0715. The lowest BCUT2D eigenvalue weighted by atomic mass is 9.93. The molecule has 180 valence electrons. The summed E-state index contributed by atoms with van der Waals surface area (Å²) in [7, 11) is -1.92. The fourth-order valence-electron chi connectivity index (χ4n) is 3.92. The molecule has 0 bridgehead atoms. The Morgan fingerprint density at radius 3 is 2.67 bits per heavy atom.